The number of aromatic nitrogens is 4. The molecule has 0 bridgehead atoms. The molecule has 4 N–H and O–H groups in total. The maximum atomic E-state index is 13.5. The summed E-state index contributed by atoms with van der Waals surface area (Å²) in [4.78, 5) is 49.8. The molecule has 12 heteroatoms. The van der Waals surface area contributed by atoms with Gasteiger partial charge in [0, 0.05) is 31.3 Å². The molecule has 366 valence electrons. The van der Waals surface area contributed by atoms with Crippen LogP contribution in [0.5, 0.6) is 0 Å². The fraction of sp³-hybridized carbons (Fsp3) is 0.815. The molecule has 2 heterocycles. The normalized spacial score (nSPS) is 44.3. The predicted octanol–water partition coefficient (Wildman–Crippen LogP) is 9.42. The van der Waals surface area contributed by atoms with Gasteiger partial charge in [-0.25, -0.2) is 4.79 Å². The van der Waals surface area contributed by atoms with Crippen LogP contribution in [0.1, 0.15) is 185 Å². The molecule has 16 atom stereocenters. The van der Waals surface area contributed by atoms with E-state index < -0.39 is 17.2 Å². The number of hydrogen-bond acceptors (Lipinski definition) is 8. The van der Waals surface area contributed by atoms with Crippen LogP contribution in [0.3, 0.4) is 0 Å². The number of rotatable bonds is 8. The van der Waals surface area contributed by atoms with Crippen molar-refractivity contribution in [3.8, 4) is 0 Å². The Labute approximate surface area is 394 Å². The average Bonchev–Trinajstić information content (AvgIpc) is 4.06. The fourth-order valence-electron chi connectivity index (χ4n) is 17.7. The van der Waals surface area contributed by atoms with Crippen molar-refractivity contribution in [3.63, 3.8) is 0 Å². The molecule has 12 nitrogen and oxygen atoms in total. The number of carboxylic acid groups (broad SMARTS) is 1. The van der Waals surface area contributed by atoms with E-state index in [0.717, 1.165) is 88.9 Å². The topological polar surface area (TPSA) is 177 Å². The lowest BCUT2D eigenvalue weighted by atomic mass is 9.44. The van der Waals surface area contributed by atoms with E-state index in [0.29, 0.717) is 51.9 Å². The van der Waals surface area contributed by atoms with E-state index in [1.54, 1.807) is 17.9 Å². The molecule has 66 heavy (non-hydrogen) atoms. The van der Waals surface area contributed by atoms with Crippen LogP contribution in [-0.4, -0.2) is 76.6 Å². The minimum atomic E-state index is -1.01. The highest BCUT2D eigenvalue weighted by molar-refractivity contribution is 5.93. The summed E-state index contributed by atoms with van der Waals surface area (Å²) in [5.41, 5.74) is 0.440. The summed E-state index contributed by atoms with van der Waals surface area (Å²) in [5, 5.41) is 41.5. The van der Waals surface area contributed by atoms with Crippen molar-refractivity contribution >= 4 is 23.4 Å². The van der Waals surface area contributed by atoms with E-state index in [-0.39, 0.29) is 66.2 Å². The summed E-state index contributed by atoms with van der Waals surface area (Å²) in [6.07, 6.45) is 25.8. The van der Waals surface area contributed by atoms with Crippen molar-refractivity contribution in [2.75, 3.05) is 7.05 Å². The minimum Gasteiger partial charge on any atom is -0.478 e. The minimum absolute atomic E-state index is 0. The van der Waals surface area contributed by atoms with Gasteiger partial charge in [0.1, 0.15) is 0 Å². The van der Waals surface area contributed by atoms with Crippen LogP contribution in [0.4, 0.5) is 0 Å². The van der Waals surface area contributed by atoms with Gasteiger partial charge < -0.3 is 20.6 Å². The van der Waals surface area contributed by atoms with Crippen LogP contribution in [0.25, 0.3) is 0 Å². The first kappa shape index (κ1) is 49.1. The molecule has 0 radical (unpaired) electrons. The molecule has 0 aliphatic heterocycles. The SMILES string of the molecule is C.CNC(=O)c1cnn(CC(=O)[C@H]2CC[C@H]3[C@@H]4CC[C@@H]5C[C@](C)(O)CC[C@]5(C)[C@H]4CC[C@]23C)c1.C[C@@]1(O)CC[C@@]2(C)[C@H](CC[C@@H]3[C@@H]2CC[C@]2(C)[C@@H](C(=O)Cn4cc(C(=O)O)cn4)CC[C@@H]32)C1. The number of fused-ring (bicyclic) bond motifs is 10. The molecule has 10 rings (SSSR count). The van der Waals surface area contributed by atoms with E-state index >= 15 is 0 Å². The van der Waals surface area contributed by atoms with Crippen LogP contribution in [0, 0.1) is 80.8 Å². The van der Waals surface area contributed by atoms with Gasteiger partial charge in [0.2, 0.25) is 0 Å². The summed E-state index contributed by atoms with van der Waals surface area (Å²) in [7, 11) is 1.60. The van der Waals surface area contributed by atoms with Gasteiger partial charge in [-0.2, -0.15) is 10.2 Å². The first-order valence-electron chi connectivity index (χ1n) is 25.6. The van der Waals surface area contributed by atoms with Crippen LogP contribution in [0.15, 0.2) is 24.8 Å². The quantitative estimate of drug-likeness (QED) is 0.201. The lowest BCUT2D eigenvalue weighted by Gasteiger charge is -2.61. The Balaban J connectivity index is 0.000000177. The average molecular weight is 914 g/mol. The van der Waals surface area contributed by atoms with E-state index in [1.807, 2.05) is 13.8 Å². The molecule has 8 aliphatic carbocycles. The maximum absolute atomic E-state index is 13.5. The summed E-state index contributed by atoms with van der Waals surface area (Å²) < 4.78 is 3.13. The molecule has 8 saturated carbocycles. The van der Waals surface area contributed by atoms with Crippen molar-refractivity contribution in [2.24, 2.45) is 80.8 Å². The van der Waals surface area contributed by atoms with Crippen molar-refractivity contribution in [1.29, 1.82) is 0 Å². The van der Waals surface area contributed by atoms with Gasteiger partial charge in [0.15, 0.2) is 11.6 Å². The zero-order chi connectivity index (χ0) is 46.5. The summed E-state index contributed by atoms with van der Waals surface area (Å²) in [5.74, 6) is 4.80. The van der Waals surface area contributed by atoms with Gasteiger partial charge in [-0.05, 0) is 198 Å². The van der Waals surface area contributed by atoms with Crippen LogP contribution in [-0.2, 0) is 22.7 Å². The molecule has 0 aromatic carbocycles. The number of carboxylic acids is 1. The summed E-state index contributed by atoms with van der Waals surface area (Å²) in [6, 6.07) is 0. The molecule has 8 aliphatic rings. The molecule has 1 amide bonds. The number of aliphatic hydroxyl groups is 2. The molecular weight excluding hydrogens is 831 g/mol. The van der Waals surface area contributed by atoms with E-state index in [1.165, 1.54) is 61.8 Å². The van der Waals surface area contributed by atoms with Gasteiger partial charge in [-0.15, -0.1) is 0 Å². The molecule has 8 fully saturated rings. The number of carbonyl (C=O) groups excluding carboxylic acids is 3. The lowest BCUT2D eigenvalue weighted by molar-refractivity contribution is -0.151. The fourth-order valence-corrected chi connectivity index (χ4v) is 17.7. The number of aromatic carboxylic acids is 1. The maximum Gasteiger partial charge on any atom is 0.338 e. The molecule has 0 spiro atoms. The molecule has 0 saturated heterocycles. The Morgan fingerprint density at radius 2 is 0.985 bits per heavy atom. The highest BCUT2D eigenvalue weighted by atomic mass is 16.4. The number of hydrogen-bond donors (Lipinski definition) is 4. The predicted molar refractivity (Wildman–Crippen MR) is 253 cm³/mol. The highest BCUT2D eigenvalue weighted by Crippen LogP contribution is 2.70. The second kappa shape index (κ2) is 17.5. The number of Topliss-reactive ketones (excluding diaryl/α,β-unsaturated/α-hetero) is 2. The third-order valence-electron chi connectivity index (χ3n) is 21.3. The summed E-state index contributed by atoms with van der Waals surface area (Å²) >= 11 is 0. The third kappa shape index (κ3) is 8.35. The molecule has 2 aromatic rings. The van der Waals surface area contributed by atoms with Gasteiger partial charge in [-0.3, -0.25) is 23.7 Å². The van der Waals surface area contributed by atoms with Crippen LogP contribution >= 0.6 is 0 Å². The second-order valence-corrected chi connectivity index (χ2v) is 24.7. The van der Waals surface area contributed by atoms with E-state index in [4.69, 9.17) is 5.11 Å². The Hall–Kier alpha value is -3.38. The number of nitrogens with one attached hydrogen (secondary N) is 1. The Morgan fingerprint density at radius 1 is 0.576 bits per heavy atom. The number of nitrogens with zero attached hydrogens (tertiary/aromatic N) is 4. The van der Waals surface area contributed by atoms with Crippen molar-refractivity contribution in [1.82, 2.24) is 24.9 Å². The van der Waals surface area contributed by atoms with Gasteiger partial charge >= 0.3 is 5.97 Å². The zero-order valence-electron chi connectivity index (χ0n) is 40.5. The standard InChI is InChI=1S/C27H41N3O3.C26H38N2O4.CH4/c1-25(33)11-12-26(2)18(13-25)5-6-19-20-7-8-22(27(20,3)10-9-21(19)26)23(31)16-30-15-17(14-29-30)24(32)28-4;1-24(32)10-11-25(2)17(12-24)4-5-18-19-6-7-21(26(19,3)9-8-20(18)25)22(29)15-28-14-16(13-27-28)23(30)31;/h14-15,18-22,33H,5-13,16H2,1-4H3,(H,28,32);13-14,17-21,32H,4-12,15H2,1-3H3,(H,30,31);1H4/t18-,19+,20+,21+,22-,25-,26+,27+;17-,18+,19+,20+,21-,24-,25+,26+;/m11./s1. The molecular formula is C54H83N5O7. The Kier molecular flexibility index (Phi) is 13.0. The number of carbonyl (C=O) groups is 4. The number of amides is 1. The molecule has 0 unspecified atom stereocenters. The van der Waals surface area contributed by atoms with Crippen LogP contribution < -0.4 is 5.32 Å². The Morgan fingerprint density at radius 3 is 1.39 bits per heavy atom. The van der Waals surface area contributed by atoms with Gasteiger partial charge in [0.05, 0.1) is 47.8 Å². The first-order chi connectivity index (χ1) is 30.6. The lowest BCUT2D eigenvalue weighted by Crippen LogP contribution is -2.55. The van der Waals surface area contributed by atoms with Crippen LogP contribution in [0.2, 0.25) is 0 Å². The first-order valence-corrected chi connectivity index (χ1v) is 25.6. The third-order valence-corrected chi connectivity index (χ3v) is 21.3. The monoisotopic (exact) mass is 914 g/mol. The molecule has 2 aromatic heterocycles. The largest absolute Gasteiger partial charge is 0.478 e. The highest BCUT2D eigenvalue weighted by Gasteiger charge is 2.63. The van der Waals surface area contributed by atoms with Crippen molar-refractivity contribution < 1.29 is 34.5 Å². The van der Waals surface area contributed by atoms with Crippen molar-refractivity contribution in [3.05, 3.63) is 35.9 Å². The Bertz CT molecular complexity index is 2160. The van der Waals surface area contributed by atoms with Gasteiger partial charge in [-0.1, -0.05) is 35.1 Å². The second-order valence-electron chi connectivity index (χ2n) is 24.7. The van der Waals surface area contributed by atoms with Crippen molar-refractivity contribution in [2.45, 2.75) is 189 Å². The van der Waals surface area contributed by atoms with E-state index in [9.17, 15) is 29.4 Å². The smallest absolute Gasteiger partial charge is 0.338 e. The zero-order valence-corrected chi connectivity index (χ0v) is 40.5. The summed E-state index contributed by atoms with van der Waals surface area (Å²) in [6.45, 7) is 14.2. The van der Waals surface area contributed by atoms with E-state index in [2.05, 4.69) is 43.2 Å². The van der Waals surface area contributed by atoms with Gasteiger partial charge in [0.25, 0.3) is 5.91 Å². The number of ketones is 2.